The maximum atomic E-state index is 4.11. The molecule has 3 saturated carbocycles. The summed E-state index contributed by atoms with van der Waals surface area (Å²) in [6.45, 7) is 0.883. The molecule has 0 aromatic carbocycles. The first-order valence-electron chi connectivity index (χ1n) is 6.41. The molecule has 2 bridgehead atoms. The van der Waals surface area contributed by atoms with Crippen molar-refractivity contribution >= 4 is 0 Å². The molecule has 0 aliphatic heterocycles. The molecule has 86 valence electrons. The van der Waals surface area contributed by atoms with Gasteiger partial charge in [-0.3, -0.25) is 0 Å². The quantitative estimate of drug-likeness (QED) is 0.821. The van der Waals surface area contributed by atoms with Gasteiger partial charge in [-0.05, 0) is 42.9 Å². The van der Waals surface area contributed by atoms with Crippen LogP contribution in [-0.2, 0) is 13.6 Å². The van der Waals surface area contributed by atoms with Gasteiger partial charge in [-0.1, -0.05) is 0 Å². The third-order valence-corrected chi connectivity index (χ3v) is 5.04. The summed E-state index contributed by atoms with van der Waals surface area (Å²) in [6.07, 6.45) is 6.29. The van der Waals surface area contributed by atoms with E-state index in [9.17, 15) is 0 Å². The molecule has 4 atom stereocenters. The maximum absolute atomic E-state index is 4.11. The summed E-state index contributed by atoms with van der Waals surface area (Å²) in [5.74, 6) is 5.16. The summed E-state index contributed by atoms with van der Waals surface area (Å²) < 4.78 is 2.00. The highest BCUT2D eigenvalue weighted by molar-refractivity contribution is 5.16. The van der Waals surface area contributed by atoms with Crippen LogP contribution in [0.2, 0.25) is 0 Å². The van der Waals surface area contributed by atoms with Crippen LogP contribution in [0.5, 0.6) is 0 Å². The number of aromatic nitrogens is 3. The molecule has 1 heterocycles. The Balaban J connectivity index is 1.39. The van der Waals surface area contributed by atoms with Gasteiger partial charge in [0.05, 0.1) is 6.54 Å². The van der Waals surface area contributed by atoms with Crippen LogP contribution < -0.4 is 5.32 Å². The van der Waals surface area contributed by atoms with E-state index in [1.165, 1.54) is 19.3 Å². The number of aryl methyl sites for hydroxylation is 1. The predicted octanol–water partition coefficient (Wildman–Crippen LogP) is 0.949. The van der Waals surface area contributed by atoms with Crippen molar-refractivity contribution in [2.24, 2.45) is 30.7 Å². The number of nitrogens with one attached hydrogen (secondary N) is 1. The van der Waals surface area contributed by atoms with Gasteiger partial charge in [-0.15, -0.1) is 10.2 Å². The standard InChI is InChI=1S/C12H18N4/c1-16-6-14-15-9(16)5-13-12-10-7-2-3-8(4-7)11(10)12/h6-8,10-13H,2-5H2,1H3. The molecular formula is C12H18N4. The van der Waals surface area contributed by atoms with Gasteiger partial charge in [0.25, 0.3) is 0 Å². The molecule has 1 aromatic rings. The van der Waals surface area contributed by atoms with E-state index in [1.807, 2.05) is 11.6 Å². The Labute approximate surface area is 95.4 Å². The lowest BCUT2D eigenvalue weighted by Crippen LogP contribution is -2.24. The SMILES string of the molecule is Cn1cnnc1CNC1C2C3CCC(C3)C12. The zero-order valence-corrected chi connectivity index (χ0v) is 9.63. The Morgan fingerprint density at radius 3 is 2.75 bits per heavy atom. The highest BCUT2D eigenvalue weighted by Gasteiger charge is 2.64. The number of hydrogen-bond acceptors (Lipinski definition) is 3. The summed E-state index contributed by atoms with van der Waals surface area (Å²) >= 11 is 0. The van der Waals surface area contributed by atoms with Gasteiger partial charge in [-0.2, -0.15) is 0 Å². The average molecular weight is 218 g/mol. The number of hydrogen-bond donors (Lipinski definition) is 1. The first-order chi connectivity index (χ1) is 7.84. The van der Waals surface area contributed by atoms with Crippen molar-refractivity contribution in [3.05, 3.63) is 12.2 Å². The molecule has 3 aliphatic carbocycles. The highest BCUT2D eigenvalue weighted by atomic mass is 15.3. The Morgan fingerprint density at radius 2 is 2.12 bits per heavy atom. The van der Waals surface area contributed by atoms with Crippen molar-refractivity contribution in [2.75, 3.05) is 0 Å². The van der Waals surface area contributed by atoms with E-state index in [-0.39, 0.29) is 0 Å². The second-order valence-electron chi connectivity index (χ2n) is 5.75. The topological polar surface area (TPSA) is 42.7 Å². The molecule has 0 amide bonds. The fraction of sp³-hybridized carbons (Fsp3) is 0.833. The van der Waals surface area contributed by atoms with Gasteiger partial charge in [-0.25, -0.2) is 0 Å². The van der Waals surface area contributed by atoms with Gasteiger partial charge >= 0.3 is 0 Å². The molecule has 1 N–H and O–H groups in total. The Kier molecular flexibility index (Phi) is 1.76. The molecule has 4 unspecified atom stereocenters. The van der Waals surface area contributed by atoms with Crippen LogP contribution in [0.4, 0.5) is 0 Å². The molecule has 3 aliphatic rings. The minimum absolute atomic E-state index is 0.794. The second kappa shape index (κ2) is 3.06. The lowest BCUT2D eigenvalue weighted by Gasteiger charge is -2.09. The van der Waals surface area contributed by atoms with E-state index in [2.05, 4.69) is 15.5 Å². The van der Waals surface area contributed by atoms with Crippen molar-refractivity contribution < 1.29 is 0 Å². The van der Waals surface area contributed by atoms with Gasteiger partial charge in [0.2, 0.25) is 0 Å². The third kappa shape index (κ3) is 1.14. The van der Waals surface area contributed by atoms with Crippen LogP contribution in [-0.4, -0.2) is 20.8 Å². The Morgan fingerprint density at radius 1 is 1.38 bits per heavy atom. The zero-order valence-electron chi connectivity index (χ0n) is 9.63. The van der Waals surface area contributed by atoms with E-state index in [1.54, 1.807) is 6.33 Å². The summed E-state index contributed by atoms with van der Waals surface area (Å²) in [4.78, 5) is 0. The van der Waals surface area contributed by atoms with Crippen LogP contribution in [0.15, 0.2) is 6.33 Å². The molecule has 0 saturated heterocycles. The average Bonchev–Trinajstić information content (AvgIpc) is 2.70. The smallest absolute Gasteiger partial charge is 0.146 e. The first kappa shape index (κ1) is 9.16. The summed E-state index contributed by atoms with van der Waals surface area (Å²) in [5, 5.41) is 11.7. The van der Waals surface area contributed by atoms with Crippen LogP contribution >= 0.6 is 0 Å². The molecule has 1 aromatic heterocycles. The number of rotatable bonds is 3. The van der Waals surface area contributed by atoms with E-state index in [4.69, 9.17) is 0 Å². The lowest BCUT2D eigenvalue weighted by atomic mass is 10.0. The Hall–Kier alpha value is -0.900. The van der Waals surface area contributed by atoms with E-state index < -0.39 is 0 Å². The third-order valence-electron chi connectivity index (χ3n) is 5.04. The van der Waals surface area contributed by atoms with Crippen LogP contribution in [0.3, 0.4) is 0 Å². The second-order valence-corrected chi connectivity index (χ2v) is 5.75. The molecule has 4 nitrogen and oxygen atoms in total. The summed E-state index contributed by atoms with van der Waals surface area (Å²) in [7, 11) is 2.01. The minimum Gasteiger partial charge on any atom is -0.320 e. The molecule has 4 heteroatoms. The summed E-state index contributed by atoms with van der Waals surface area (Å²) in [6, 6.07) is 0.794. The first-order valence-corrected chi connectivity index (χ1v) is 6.41. The van der Waals surface area contributed by atoms with Gasteiger partial charge in [0.1, 0.15) is 12.2 Å². The normalized spacial score (nSPS) is 43.7. The van der Waals surface area contributed by atoms with Crippen molar-refractivity contribution in [3.63, 3.8) is 0 Å². The summed E-state index contributed by atoms with van der Waals surface area (Å²) in [5.41, 5.74) is 0. The van der Waals surface area contributed by atoms with Gasteiger partial charge in [0, 0.05) is 13.1 Å². The predicted molar refractivity (Wildman–Crippen MR) is 59.4 cm³/mol. The number of nitrogens with zero attached hydrogens (tertiary/aromatic N) is 3. The molecule has 4 rings (SSSR count). The maximum Gasteiger partial charge on any atom is 0.146 e. The molecule has 0 radical (unpaired) electrons. The van der Waals surface area contributed by atoms with Gasteiger partial charge in [0.15, 0.2) is 0 Å². The minimum atomic E-state index is 0.794. The van der Waals surface area contributed by atoms with Crippen LogP contribution in [0.1, 0.15) is 25.1 Å². The fourth-order valence-electron chi connectivity index (χ4n) is 4.27. The molecule has 16 heavy (non-hydrogen) atoms. The van der Waals surface area contributed by atoms with Crippen molar-refractivity contribution in [1.29, 1.82) is 0 Å². The molecular weight excluding hydrogens is 200 g/mol. The van der Waals surface area contributed by atoms with Gasteiger partial charge < -0.3 is 9.88 Å². The molecule has 0 spiro atoms. The fourth-order valence-corrected chi connectivity index (χ4v) is 4.27. The van der Waals surface area contributed by atoms with Crippen LogP contribution in [0.25, 0.3) is 0 Å². The highest BCUT2D eigenvalue weighted by Crippen LogP contribution is 2.65. The van der Waals surface area contributed by atoms with Crippen LogP contribution in [0, 0.1) is 23.7 Å². The largest absolute Gasteiger partial charge is 0.320 e. The van der Waals surface area contributed by atoms with E-state index in [0.717, 1.165) is 42.1 Å². The zero-order chi connectivity index (χ0) is 10.7. The number of fused-ring (bicyclic) bond motifs is 5. The van der Waals surface area contributed by atoms with Crippen molar-refractivity contribution in [1.82, 2.24) is 20.1 Å². The monoisotopic (exact) mass is 218 g/mol. The van der Waals surface area contributed by atoms with Crippen molar-refractivity contribution in [2.45, 2.75) is 31.8 Å². The lowest BCUT2D eigenvalue weighted by molar-refractivity contribution is 0.455. The van der Waals surface area contributed by atoms with Crippen molar-refractivity contribution in [3.8, 4) is 0 Å². The van der Waals surface area contributed by atoms with E-state index in [0.29, 0.717) is 0 Å². The molecule has 3 fully saturated rings. The van der Waals surface area contributed by atoms with E-state index >= 15 is 0 Å². The Bertz CT molecular complexity index is 397.